The molecule has 3 heterocycles. The second kappa shape index (κ2) is 8.44. The predicted octanol–water partition coefficient (Wildman–Crippen LogP) is 3.54. The standard InChI is InChI=1S/C22H27N5O/c1-27-10-7-16(8-11-27)15-28-19-3-5-21(26-14-19)25-13-17-2-4-20-18(12-17)6-9-24-22(20)23/h2-6,9,12,14,16H,7-8,10-11,13,15H2,1H3,(H2,23,24)(H,25,26). The van der Waals surface area contributed by atoms with Gasteiger partial charge < -0.3 is 20.7 Å². The summed E-state index contributed by atoms with van der Waals surface area (Å²) in [5.74, 6) is 2.87. The Kier molecular flexibility index (Phi) is 5.58. The van der Waals surface area contributed by atoms with Crippen molar-refractivity contribution in [1.82, 2.24) is 14.9 Å². The molecule has 0 spiro atoms. The van der Waals surface area contributed by atoms with E-state index < -0.39 is 0 Å². The number of hydrogen-bond donors (Lipinski definition) is 2. The van der Waals surface area contributed by atoms with E-state index in [4.69, 9.17) is 10.5 Å². The van der Waals surface area contributed by atoms with Gasteiger partial charge in [-0.2, -0.15) is 0 Å². The van der Waals surface area contributed by atoms with E-state index >= 15 is 0 Å². The van der Waals surface area contributed by atoms with Gasteiger partial charge in [-0.3, -0.25) is 0 Å². The monoisotopic (exact) mass is 377 g/mol. The zero-order chi connectivity index (χ0) is 19.3. The SMILES string of the molecule is CN1CCC(COc2ccc(NCc3ccc4c(N)nccc4c3)nc2)CC1. The number of rotatable bonds is 6. The lowest BCUT2D eigenvalue weighted by molar-refractivity contribution is 0.160. The van der Waals surface area contributed by atoms with Crippen LogP contribution >= 0.6 is 0 Å². The zero-order valence-corrected chi connectivity index (χ0v) is 16.3. The molecule has 3 aromatic rings. The van der Waals surface area contributed by atoms with Crippen LogP contribution in [0, 0.1) is 5.92 Å². The summed E-state index contributed by atoms with van der Waals surface area (Å²) in [4.78, 5) is 11.0. The molecule has 1 saturated heterocycles. The summed E-state index contributed by atoms with van der Waals surface area (Å²) >= 11 is 0. The van der Waals surface area contributed by atoms with Crippen LogP contribution in [0.15, 0.2) is 48.8 Å². The van der Waals surface area contributed by atoms with Crippen LogP contribution in [-0.2, 0) is 6.54 Å². The molecule has 0 atom stereocenters. The molecular weight excluding hydrogens is 350 g/mol. The molecule has 0 amide bonds. The second-order valence-electron chi connectivity index (χ2n) is 7.54. The van der Waals surface area contributed by atoms with E-state index in [0.717, 1.165) is 42.0 Å². The van der Waals surface area contributed by atoms with E-state index in [9.17, 15) is 0 Å². The Morgan fingerprint density at radius 2 is 2.00 bits per heavy atom. The topological polar surface area (TPSA) is 76.3 Å². The maximum atomic E-state index is 5.93. The quantitative estimate of drug-likeness (QED) is 0.684. The number of pyridine rings is 2. The van der Waals surface area contributed by atoms with Gasteiger partial charge in [-0.15, -0.1) is 0 Å². The summed E-state index contributed by atoms with van der Waals surface area (Å²) in [6.07, 6.45) is 5.94. The average molecular weight is 377 g/mol. The highest BCUT2D eigenvalue weighted by atomic mass is 16.5. The first-order chi connectivity index (χ1) is 13.7. The summed E-state index contributed by atoms with van der Waals surface area (Å²) in [7, 11) is 2.18. The number of hydrogen-bond acceptors (Lipinski definition) is 6. The maximum absolute atomic E-state index is 5.93. The third-order valence-electron chi connectivity index (χ3n) is 5.39. The first kappa shape index (κ1) is 18.5. The average Bonchev–Trinajstić information content (AvgIpc) is 2.73. The first-order valence-electron chi connectivity index (χ1n) is 9.82. The lowest BCUT2D eigenvalue weighted by atomic mass is 9.98. The van der Waals surface area contributed by atoms with Gasteiger partial charge in [-0.1, -0.05) is 12.1 Å². The van der Waals surface area contributed by atoms with Gasteiger partial charge in [0, 0.05) is 18.1 Å². The van der Waals surface area contributed by atoms with Crippen molar-refractivity contribution in [2.24, 2.45) is 5.92 Å². The minimum absolute atomic E-state index is 0.564. The highest BCUT2D eigenvalue weighted by molar-refractivity contribution is 5.91. The predicted molar refractivity (Wildman–Crippen MR) is 113 cm³/mol. The maximum Gasteiger partial charge on any atom is 0.137 e. The number of aromatic nitrogens is 2. The van der Waals surface area contributed by atoms with Gasteiger partial charge in [0.2, 0.25) is 0 Å². The molecular formula is C22H27N5O. The van der Waals surface area contributed by atoms with E-state index in [1.54, 1.807) is 12.4 Å². The third-order valence-corrected chi connectivity index (χ3v) is 5.39. The van der Waals surface area contributed by atoms with Crippen molar-refractivity contribution >= 4 is 22.4 Å². The Bertz CT molecular complexity index is 920. The zero-order valence-electron chi connectivity index (χ0n) is 16.3. The van der Waals surface area contributed by atoms with Crippen LogP contribution in [0.2, 0.25) is 0 Å². The Morgan fingerprint density at radius 3 is 2.79 bits per heavy atom. The molecule has 6 heteroatoms. The number of nitrogens with one attached hydrogen (secondary N) is 1. The summed E-state index contributed by atoms with van der Waals surface area (Å²) in [5, 5.41) is 5.44. The fourth-order valence-electron chi connectivity index (χ4n) is 3.57. The highest BCUT2D eigenvalue weighted by Gasteiger charge is 2.17. The van der Waals surface area contributed by atoms with Crippen LogP contribution in [0.5, 0.6) is 5.75 Å². The fourth-order valence-corrected chi connectivity index (χ4v) is 3.57. The van der Waals surface area contributed by atoms with Crippen LogP contribution in [-0.4, -0.2) is 41.6 Å². The molecule has 0 unspecified atom stereocenters. The van der Waals surface area contributed by atoms with Gasteiger partial charge in [0.15, 0.2) is 0 Å². The Labute approximate surface area is 165 Å². The molecule has 6 nitrogen and oxygen atoms in total. The van der Waals surface area contributed by atoms with Crippen molar-refractivity contribution in [3.63, 3.8) is 0 Å². The van der Waals surface area contributed by atoms with Gasteiger partial charge in [-0.25, -0.2) is 9.97 Å². The number of nitrogen functional groups attached to an aromatic ring is 1. The van der Waals surface area contributed by atoms with E-state index in [1.165, 1.54) is 18.4 Å². The van der Waals surface area contributed by atoms with E-state index in [0.29, 0.717) is 18.3 Å². The number of fused-ring (bicyclic) bond motifs is 1. The Morgan fingerprint density at radius 1 is 1.14 bits per heavy atom. The highest BCUT2D eigenvalue weighted by Crippen LogP contribution is 2.21. The molecule has 146 valence electrons. The molecule has 0 saturated carbocycles. The molecule has 1 aliphatic heterocycles. The number of benzene rings is 1. The molecule has 1 aromatic carbocycles. The minimum Gasteiger partial charge on any atom is -0.492 e. The van der Waals surface area contributed by atoms with Crippen molar-refractivity contribution in [2.45, 2.75) is 19.4 Å². The van der Waals surface area contributed by atoms with Crippen molar-refractivity contribution in [3.05, 3.63) is 54.4 Å². The van der Waals surface area contributed by atoms with E-state index in [-0.39, 0.29) is 0 Å². The van der Waals surface area contributed by atoms with Crippen molar-refractivity contribution < 1.29 is 4.74 Å². The van der Waals surface area contributed by atoms with Gasteiger partial charge in [0.25, 0.3) is 0 Å². The number of nitrogens with zero attached hydrogens (tertiary/aromatic N) is 3. The van der Waals surface area contributed by atoms with Gasteiger partial charge in [0.1, 0.15) is 17.4 Å². The fraction of sp³-hybridized carbons (Fsp3) is 0.364. The summed E-state index contributed by atoms with van der Waals surface area (Å²) in [6, 6.07) is 12.1. The molecule has 1 fully saturated rings. The lowest BCUT2D eigenvalue weighted by Gasteiger charge is -2.28. The normalized spacial score (nSPS) is 15.6. The van der Waals surface area contributed by atoms with Crippen molar-refractivity contribution in [3.8, 4) is 5.75 Å². The molecule has 0 bridgehead atoms. The van der Waals surface area contributed by atoms with Gasteiger partial charge >= 0.3 is 0 Å². The smallest absolute Gasteiger partial charge is 0.137 e. The molecule has 0 radical (unpaired) electrons. The van der Waals surface area contributed by atoms with Gasteiger partial charge in [0.05, 0.1) is 12.8 Å². The largest absolute Gasteiger partial charge is 0.492 e. The van der Waals surface area contributed by atoms with Crippen LogP contribution in [0.4, 0.5) is 11.6 Å². The van der Waals surface area contributed by atoms with Gasteiger partial charge in [-0.05, 0) is 74.1 Å². The number of piperidine rings is 1. The summed E-state index contributed by atoms with van der Waals surface area (Å²) < 4.78 is 5.93. The lowest BCUT2D eigenvalue weighted by Crippen LogP contribution is -2.32. The molecule has 0 aliphatic carbocycles. The third kappa shape index (κ3) is 4.51. The van der Waals surface area contributed by atoms with E-state index in [2.05, 4.69) is 39.4 Å². The Balaban J connectivity index is 1.30. The Hall–Kier alpha value is -2.86. The van der Waals surface area contributed by atoms with E-state index in [1.807, 2.05) is 24.3 Å². The van der Waals surface area contributed by atoms with Crippen molar-refractivity contribution in [2.75, 3.05) is 37.8 Å². The number of ether oxygens (including phenoxy) is 1. The first-order valence-corrected chi connectivity index (χ1v) is 9.82. The number of likely N-dealkylation sites (tertiary alicyclic amines) is 1. The van der Waals surface area contributed by atoms with Crippen LogP contribution in [0.25, 0.3) is 10.8 Å². The molecule has 28 heavy (non-hydrogen) atoms. The van der Waals surface area contributed by atoms with Crippen LogP contribution < -0.4 is 15.8 Å². The summed E-state index contributed by atoms with van der Waals surface area (Å²) in [5.41, 5.74) is 7.08. The van der Waals surface area contributed by atoms with Crippen LogP contribution in [0.3, 0.4) is 0 Å². The second-order valence-corrected chi connectivity index (χ2v) is 7.54. The number of nitrogens with two attached hydrogens (primary N) is 1. The minimum atomic E-state index is 0.564. The molecule has 4 rings (SSSR count). The molecule has 3 N–H and O–H groups in total. The number of anilines is 2. The summed E-state index contributed by atoms with van der Waals surface area (Å²) in [6.45, 7) is 3.79. The van der Waals surface area contributed by atoms with Crippen LogP contribution in [0.1, 0.15) is 18.4 Å². The molecule has 2 aromatic heterocycles. The van der Waals surface area contributed by atoms with Crippen molar-refractivity contribution in [1.29, 1.82) is 0 Å². The molecule has 1 aliphatic rings.